The predicted octanol–water partition coefficient (Wildman–Crippen LogP) is 6.00. The van der Waals surface area contributed by atoms with Gasteiger partial charge >= 0.3 is 0 Å². The van der Waals surface area contributed by atoms with Gasteiger partial charge in [-0.15, -0.1) is 0 Å². The van der Waals surface area contributed by atoms with Crippen molar-refractivity contribution in [3.8, 4) is 11.5 Å². The molecule has 0 heterocycles. The van der Waals surface area contributed by atoms with Gasteiger partial charge < -0.3 is 9.47 Å². The average Bonchev–Trinajstić information content (AvgIpc) is 2.48. The van der Waals surface area contributed by atoms with E-state index in [1.165, 1.54) is 5.39 Å². The molecule has 0 radical (unpaired) electrons. The summed E-state index contributed by atoms with van der Waals surface area (Å²) >= 11 is 0. The first-order chi connectivity index (χ1) is 11.0. The fraction of sp³-hybridized carbons (Fsp3) is 0.524. The number of aryl methyl sites for hydroxylation is 1. The quantitative estimate of drug-likeness (QED) is 0.595. The highest BCUT2D eigenvalue weighted by Crippen LogP contribution is 2.39. The van der Waals surface area contributed by atoms with Crippen LogP contribution in [0.25, 0.3) is 10.8 Å². The molecule has 0 bridgehead atoms. The van der Waals surface area contributed by atoms with E-state index >= 15 is 0 Å². The van der Waals surface area contributed by atoms with Crippen LogP contribution in [-0.4, -0.2) is 13.2 Å². The van der Waals surface area contributed by atoms with Crippen molar-refractivity contribution >= 4 is 10.8 Å². The molecule has 0 amide bonds. The van der Waals surface area contributed by atoms with Crippen LogP contribution in [-0.2, 0) is 0 Å². The Balaban J connectivity index is 2.31. The maximum absolute atomic E-state index is 6.17. The molecule has 2 aromatic carbocycles. The molecule has 126 valence electrons. The van der Waals surface area contributed by atoms with E-state index < -0.39 is 0 Å². The van der Waals surface area contributed by atoms with Gasteiger partial charge in [0.15, 0.2) is 11.5 Å². The summed E-state index contributed by atoms with van der Waals surface area (Å²) in [4.78, 5) is 0. The van der Waals surface area contributed by atoms with Gasteiger partial charge in [-0.25, -0.2) is 0 Å². The Bertz CT molecular complexity index is 629. The topological polar surface area (TPSA) is 18.5 Å². The van der Waals surface area contributed by atoms with Crippen LogP contribution >= 0.6 is 0 Å². The molecule has 0 spiro atoms. The number of hydrogen-bond donors (Lipinski definition) is 0. The molecule has 2 nitrogen and oxygen atoms in total. The lowest BCUT2D eigenvalue weighted by atomic mass is 10.0. The third-order valence-corrected chi connectivity index (χ3v) is 4.03. The zero-order valence-corrected chi connectivity index (χ0v) is 15.2. The van der Waals surface area contributed by atoms with Crippen molar-refractivity contribution in [3.05, 3.63) is 35.9 Å². The van der Waals surface area contributed by atoms with Crippen LogP contribution in [0.2, 0.25) is 0 Å². The van der Waals surface area contributed by atoms with Gasteiger partial charge in [0, 0.05) is 5.39 Å². The minimum atomic E-state index is 0.636. The van der Waals surface area contributed by atoms with Crippen molar-refractivity contribution in [2.45, 2.75) is 47.5 Å². The SMILES string of the molecule is Cc1cc2ccccc2c(OCCC(C)C)c1OCCC(C)C. The first kappa shape index (κ1) is 17.7. The molecule has 0 aliphatic carbocycles. The number of benzene rings is 2. The smallest absolute Gasteiger partial charge is 0.169 e. The molecule has 0 aromatic heterocycles. The van der Waals surface area contributed by atoms with Crippen LogP contribution in [0, 0.1) is 18.8 Å². The summed E-state index contributed by atoms with van der Waals surface area (Å²) in [6.07, 6.45) is 2.10. The van der Waals surface area contributed by atoms with Crippen molar-refractivity contribution in [1.82, 2.24) is 0 Å². The van der Waals surface area contributed by atoms with Gasteiger partial charge in [-0.05, 0) is 48.6 Å². The normalized spacial score (nSPS) is 11.4. The molecular weight excluding hydrogens is 284 g/mol. The molecule has 0 saturated heterocycles. The second kappa shape index (κ2) is 8.24. The number of fused-ring (bicyclic) bond motifs is 1. The molecule has 2 heteroatoms. The van der Waals surface area contributed by atoms with E-state index in [1.54, 1.807) is 0 Å². The Hall–Kier alpha value is -1.70. The van der Waals surface area contributed by atoms with E-state index in [2.05, 4.69) is 65.0 Å². The standard InChI is InChI=1S/C21H30O2/c1-15(2)10-12-22-20-17(5)14-18-8-6-7-9-19(18)21(20)23-13-11-16(3)4/h6-9,14-16H,10-13H2,1-5H3. The van der Waals surface area contributed by atoms with Crippen molar-refractivity contribution < 1.29 is 9.47 Å². The third-order valence-electron chi connectivity index (χ3n) is 4.03. The molecule has 0 aliphatic rings. The maximum atomic E-state index is 6.17. The lowest BCUT2D eigenvalue weighted by Gasteiger charge is -2.18. The van der Waals surface area contributed by atoms with Crippen LogP contribution in [0.5, 0.6) is 11.5 Å². The van der Waals surface area contributed by atoms with Crippen LogP contribution in [0.1, 0.15) is 46.1 Å². The lowest BCUT2D eigenvalue weighted by Crippen LogP contribution is -2.07. The maximum Gasteiger partial charge on any atom is 0.169 e. The second-order valence-corrected chi connectivity index (χ2v) is 7.13. The summed E-state index contributed by atoms with van der Waals surface area (Å²) < 4.78 is 12.3. The zero-order chi connectivity index (χ0) is 16.8. The molecule has 0 unspecified atom stereocenters. The van der Waals surface area contributed by atoms with E-state index in [4.69, 9.17) is 9.47 Å². The molecule has 0 saturated carbocycles. The Labute approximate surface area is 140 Å². The second-order valence-electron chi connectivity index (χ2n) is 7.13. The summed E-state index contributed by atoms with van der Waals surface area (Å²) in [5.74, 6) is 3.09. The van der Waals surface area contributed by atoms with Crippen LogP contribution < -0.4 is 9.47 Å². The van der Waals surface area contributed by atoms with E-state index in [0.29, 0.717) is 11.8 Å². The lowest BCUT2D eigenvalue weighted by molar-refractivity contribution is 0.248. The molecule has 2 aromatic rings. The van der Waals surface area contributed by atoms with Crippen LogP contribution in [0.3, 0.4) is 0 Å². The summed E-state index contributed by atoms with van der Waals surface area (Å²) in [7, 11) is 0. The van der Waals surface area contributed by atoms with Crippen LogP contribution in [0.4, 0.5) is 0 Å². The molecular formula is C21H30O2. The van der Waals surface area contributed by atoms with E-state index in [1.807, 2.05) is 0 Å². The molecule has 0 atom stereocenters. The van der Waals surface area contributed by atoms with Gasteiger partial charge in [-0.1, -0.05) is 52.0 Å². The fourth-order valence-corrected chi connectivity index (χ4v) is 2.55. The highest BCUT2D eigenvalue weighted by molar-refractivity contribution is 5.91. The minimum absolute atomic E-state index is 0.636. The Morgan fingerprint density at radius 2 is 1.39 bits per heavy atom. The van der Waals surface area contributed by atoms with Gasteiger partial charge in [-0.2, -0.15) is 0 Å². The third kappa shape index (κ3) is 4.89. The van der Waals surface area contributed by atoms with Gasteiger partial charge in [0.2, 0.25) is 0 Å². The molecule has 2 rings (SSSR count). The predicted molar refractivity (Wildman–Crippen MR) is 98.6 cm³/mol. The van der Waals surface area contributed by atoms with Gasteiger partial charge in [0.1, 0.15) is 0 Å². The monoisotopic (exact) mass is 314 g/mol. The highest BCUT2D eigenvalue weighted by atomic mass is 16.5. The Morgan fingerprint density at radius 1 is 0.826 bits per heavy atom. The molecule has 0 fully saturated rings. The van der Waals surface area contributed by atoms with Gasteiger partial charge in [0.05, 0.1) is 13.2 Å². The largest absolute Gasteiger partial charge is 0.489 e. The average molecular weight is 314 g/mol. The number of rotatable bonds is 8. The summed E-state index contributed by atoms with van der Waals surface area (Å²) in [6, 6.07) is 10.6. The number of ether oxygens (including phenoxy) is 2. The summed E-state index contributed by atoms with van der Waals surface area (Å²) in [5, 5.41) is 2.35. The highest BCUT2D eigenvalue weighted by Gasteiger charge is 2.14. The van der Waals surface area contributed by atoms with Crippen molar-refractivity contribution in [2.24, 2.45) is 11.8 Å². The summed E-state index contributed by atoms with van der Waals surface area (Å²) in [5.41, 5.74) is 1.15. The first-order valence-corrected chi connectivity index (χ1v) is 8.77. The summed E-state index contributed by atoms with van der Waals surface area (Å²) in [6.45, 7) is 12.4. The zero-order valence-electron chi connectivity index (χ0n) is 15.2. The van der Waals surface area contributed by atoms with Crippen molar-refractivity contribution in [3.63, 3.8) is 0 Å². The van der Waals surface area contributed by atoms with Gasteiger partial charge in [-0.3, -0.25) is 0 Å². The molecule has 0 aliphatic heterocycles. The van der Waals surface area contributed by atoms with Crippen LogP contribution in [0.15, 0.2) is 30.3 Å². The van der Waals surface area contributed by atoms with E-state index in [9.17, 15) is 0 Å². The van der Waals surface area contributed by atoms with Gasteiger partial charge in [0.25, 0.3) is 0 Å². The minimum Gasteiger partial charge on any atom is -0.489 e. The van der Waals surface area contributed by atoms with E-state index in [-0.39, 0.29) is 0 Å². The molecule has 0 N–H and O–H groups in total. The fourth-order valence-electron chi connectivity index (χ4n) is 2.55. The Morgan fingerprint density at radius 3 is 2.00 bits per heavy atom. The molecule has 23 heavy (non-hydrogen) atoms. The van der Waals surface area contributed by atoms with Crippen molar-refractivity contribution in [1.29, 1.82) is 0 Å². The number of hydrogen-bond acceptors (Lipinski definition) is 2. The Kier molecular flexibility index (Phi) is 6.32. The first-order valence-electron chi connectivity index (χ1n) is 8.77. The van der Waals surface area contributed by atoms with Crippen molar-refractivity contribution in [2.75, 3.05) is 13.2 Å². The van der Waals surface area contributed by atoms with E-state index in [0.717, 1.165) is 48.5 Å².